The van der Waals surface area contributed by atoms with Crippen molar-refractivity contribution in [2.45, 2.75) is 64.1 Å². The number of H-pyrrole nitrogens is 1. The molecular weight excluding hydrogens is 456 g/mol. The number of amides is 1. The van der Waals surface area contributed by atoms with Gasteiger partial charge in [0.2, 0.25) is 0 Å². The monoisotopic (exact) mass is 484 g/mol. The van der Waals surface area contributed by atoms with E-state index in [1.165, 1.54) is 6.07 Å². The molecule has 180 valence electrons. The highest BCUT2D eigenvalue weighted by atomic mass is 35.5. The number of nitrogens with one attached hydrogen (secondary N) is 2. The normalized spacial score (nSPS) is 19.4. The molecule has 2 N–H and O–H groups in total. The molecule has 1 saturated carbocycles. The predicted molar refractivity (Wildman–Crippen MR) is 128 cm³/mol. The molecule has 0 aliphatic heterocycles. The van der Waals surface area contributed by atoms with Gasteiger partial charge in [0, 0.05) is 11.1 Å². The average molecular weight is 485 g/mol. The molecule has 1 aromatic carbocycles. The minimum Gasteiger partial charge on any atom is -0.444 e. The van der Waals surface area contributed by atoms with Crippen molar-refractivity contribution in [3.05, 3.63) is 63.5 Å². The van der Waals surface area contributed by atoms with Gasteiger partial charge < -0.3 is 10.1 Å². The van der Waals surface area contributed by atoms with Gasteiger partial charge in [-0.25, -0.2) is 9.48 Å². The highest BCUT2D eigenvalue weighted by Gasteiger charge is 2.32. The number of alkyl carbamates (subject to hydrolysis) is 1. The summed E-state index contributed by atoms with van der Waals surface area (Å²) in [5, 5.41) is 18.6. The van der Waals surface area contributed by atoms with Crippen LogP contribution in [0.25, 0.3) is 11.4 Å². The topological polar surface area (TPSA) is 115 Å². The highest BCUT2D eigenvalue weighted by Crippen LogP contribution is 2.39. The number of rotatable bonds is 5. The SMILES string of the molecule is CC(C)(C)OC(=O)NC(c1cccc(Cl)c1)C1CCC(n2nc(-c3c[nH]nn3)ccc2=O)CC1. The van der Waals surface area contributed by atoms with Crippen molar-refractivity contribution in [3.63, 3.8) is 0 Å². The molecule has 4 rings (SSSR count). The first-order chi connectivity index (χ1) is 16.2. The van der Waals surface area contributed by atoms with Gasteiger partial charge in [0.05, 0.1) is 18.3 Å². The quantitative estimate of drug-likeness (QED) is 0.543. The summed E-state index contributed by atoms with van der Waals surface area (Å²) in [4.78, 5) is 25.2. The summed E-state index contributed by atoms with van der Waals surface area (Å²) in [7, 11) is 0. The smallest absolute Gasteiger partial charge is 0.408 e. The molecule has 0 saturated heterocycles. The number of nitrogens with zero attached hydrogens (tertiary/aromatic N) is 4. The standard InChI is InChI=1S/C24H29ClN6O3/c1-24(2,3)34-23(33)27-22(16-5-4-6-17(25)13-16)15-7-9-18(10-8-15)31-21(32)12-11-19(29-31)20-14-26-30-28-20/h4-6,11-15,18,22H,7-10H2,1-3H3,(H,27,33)(H,26,28,30). The Bertz CT molecular complexity index is 1180. The largest absolute Gasteiger partial charge is 0.444 e. The van der Waals surface area contributed by atoms with E-state index >= 15 is 0 Å². The van der Waals surface area contributed by atoms with Gasteiger partial charge in [0.1, 0.15) is 17.0 Å². The third kappa shape index (κ3) is 5.83. The van der Waals surface area contributed by atoms with Crippen LogP contribution in [-0.2, 0) is 4.74 Å². The summed E-state index contributed by atoms with van der Waals surface area (Å²) < 4.78 is 7.06. The van der Waals surface area contributed by atoms with Gasteiger partial charge >= 0.3 is 6.09 Å². The van der Waals surface area contributed by atoms with Crippen LogP contribution >= 0.6 is 11.6 Å². The second-order valence-corrected chi connectivity index (χ2v) is 10.0. The van der Waals surface area contributed by atoms with E-state index in [-0.39, 0.29) is 23.6 Å². The molecule has 3 aromatic rings. The van der Waals surface area contributed by atoms with Crippen molar-refractivity contribution >= 4 is 17.7 Å². The maximum absolute atomic E-state index is 12.6. The number of aromatic nitrogens is 5. The zero-order valence-electron chi connectivity index (χ0n) is 19.5. The molecule has 1 atom stereocenters. The molecule has 2 aromatic heterocycles. The van der Waals surface area contributed by atoms with Crippen LogP contribution in [0, 0.1) is 5.92 Å². The number of benzene rings is 1. The second kappa shape index (κ2) is 9.97. The lowest BCUT2D eigenvalue weighted by Crippen LogP contribution is -2.39. The van der Waals surface area contributed by atoms with Gasteiger partial charge in [0.15, 0.2) is 0 Å². The Kier molecular flexibility index (Phi) is 7.02. The summed E-state index contributed by atoms with van der Waals surface area (Å²) in [5.74, 6) is 0.164. The third-order valence-corrected chi connectivity index (χ3v) is 6.18. The number of carbonyl (C=O) groups excluding carboxylic acids is 1. The average Bonchev–Trinajstić information content (AvgIpc) is 3.32. The molecule has 0 spiro atoms. The van der Waals surface area contributed by atoms with E-state index in [0.29, 0.717) is 16.4 Å². The number of halogens is 1. The first-order valence-corrected chi connectivity index (χ1v) is 11.8. The van der Waals surface area contributed by atoms with Crippen molar-refractivity contribution in [1.82, 2.24) is 30.5 Å². The molecule has 0 bridgehead atoms. The zero-order chi connectivity index (χ0) is 24.3. The lowest BCUT2D eigenvalue weighted by molar-refractivity contribution is 0.0471. The second-order valence-electron chi connectivity index (χ2n) is 9.61. The van der Waals surface area contributed by atoms with Crippen molar-refractivity contribution in [2.24, 2.45) is 5.92 Å². The molecule has 1 aliphatic carbocycles. The Morgan fingerprint density at radius 1 is 1.18 bits per heavy atom. The van der Waals surface area contributed by atoms with E-state index < -0.39 is 11.7 Å². The van der Waals surface area contributed by atoms with Crippen LogP contribution in [0.4, 0.5) is 4.79 Å². The van der Waals surface area contributed by atoms with E-state index in [9.17, 15) is 9.59 Å². The number of hydrogen-bond donors (Lipinski definition) is 2. The summed E-state index contributed by atoms with van der Waals surface area (Å²) in [6.07, 6.45) is 4.31. The van der Waals surface area contributed by atoms with Gasteiger partial charge in [-0.15, -0.1) is 5.10 Å². The fraction of sp³-hybridized carbons (Fsp3) is 0.458. The minimum atomic E-state index is -0.595. The van der Waals surface area contributed by atoms with Crippen LogP contribution in [0.15, 0.2) is 47.4 Å². The minimum absolute atomic E-state index is 0.0304. The van der Waals surface area contributed by atoms with Crippen molar-refractivity contribution in [3.8, 4) is 11.4 Å². The first kappa shape index (κ1) is 23.9. The molecule has 1 aliphatic rings. The van der Waals surface area contributed by atoms with Crippen LogP contribution in [0.1, 0.15) is 64.1 Å². The third-order valence-electron chi connectivity index (χ3n) is 5.94. The van der Waals surface area contributed by atoms with Crippen molar-refractivity contribution < 1.29 is 9.53 Å². The number of aromatic amines is 1. The summed E-state index contributed by atoms with van der Waals surface area (Å²) >= 11 is 6.25. The zero-order valence-corrected chi connectivity index (χ0v) is 20.2. The van der Waals surface area contributed by atoms with Gasteiger partial charge in [-0.3, -0.25) is 9.89 Å². The number of ether oxygens (including phenoxy) is 1. The fourth-order valence-electron chi connectivity index (χ4n) is 4.44. The van der Waals surface area contributed by atoms with Crippen LogP contribution in [0.3, 0.4) is 0 Å². The van der Waals surface area contributed by atoms with E-state index in [1.807, 2.05) is 45.0 Å². The Labute approximate surface area is 202 Å². The first-order valence-electron chi connectivity index (χ1n) is 11.4. The maximum atomic E-state index is 12.6. The lowest BCUT2D eigenvalue weighted by atomic mass is 9.79. The van der Waals surface area contributed by atoms with Crippen LogP contribution in [0.5, 0.6) is 0 Å². The molecule has 34 heavy (non-hydrogen) atoms. The fourth-order valence-corrected chi connectivity index (χ4v) is 4.64. The number of carbonyl (C=O) groups is 1. The lowest BCUT2D eigenvalue weighted by Gasteiger charge is -2.35. The van der Waals surface area contributed by atoms with E-state index in [1.54, 1.807) is 16.9 Å². The predicted octanol–water partition coefficient (Wildman–Crippen LogP) is 4.68. The Morgan fingerprint density at radius 3 is 2.59 bits per heavy atom. The van der Waals surface area contributed by atoms with E-state index in [4.69, 9.17) is 16.3 Å². The molecule has 1 fully saturated rings. The highest BCUT2D eigenvalue weighted by molar-refractivity contribution is 6.30. The summed E-state index contributed by atoms with van der Waals surface area (Å²) in [5.41, 5.74) is 1.38. The molecule has 10 heteroatoms. The van der Waals surface area contributed by atoms with Crippen LogP contribution in [-0.4, -0.2) is 36.9 Å². The molecule has 9 nitrogen and oxygen atoms in total. The molecule has 0 radical (unpaired) electrons. The van der Waals surface area contributed by atoms with Crippen molar-refractivity contribution in [2.75, 3.05) is 0 Å². The van der Waals surface area contributed by atoms with Gasteiger partial charge in [-0.05, 0) is 76.1 Å². The Morgan fingerprint density at radius 2 is 1.94 bits per heavy atom. The Balaban J connectivity index is 1.51. The van der Waals surface area contributed by atoms with Gasteiger partial charge in [0.25, 0.3) is 5.56 Å². The molecule has 1 unspecified atom stereocenters. The number of hydrogen-bond acceptors (Lipinski definition) is 6. The summed E-state index contributed by atoms with van der Waals surface area (Å²) in [6, 6.07) is 10.4. The van der Waals surface area contributed by atoms with E-state index in [2.05, 4.69) is 25.8 Å². The Hall–Kier alpha value is -3.20. The van der Waals surface area contributed by atoms with Gasteiger partial charge in [-0.1, -0.05) is 28.9 Å². The van der Waals surface area contributed by atoms with Crippen molar-refractivity contribution in [1.29, 1.82) is 0 Å². The molecule has 2 heterocycles. The van der Waals surface area contributed by atoms with Crippen LogP contribution in [0.2, 0.25) is 5.02 Å². The molecular formula is C24H29ClN6O3. The van der Waals surface area contributed by atoms with Gasteiger partial charge in [-0.2, -0.15) is 5.10 Å². The van der Waals surface area contributed by atoms with E-state index in [0.717, 1.165) is 31.2 Å². The van der Waals surface area contributed by atoms with Crippen LogP contribution < -0.4 is 10.9 Å². The molecule has 1 amide bonds. The maximum Gasteiger partial charge on any atom is 0.408 e. The summed E-state index contributed by atoms with van der Waals surface area (Å²) in [6.45, 7) is 5.51.